The Balaban J connectivity index is 1.51. The van der Waals surface area contributed by atoms with E-state index in [2.05, 4.69) is 26.0 Å². The van der Waals surface area contributed by atoms with E-state index in [4.69, 9.17) is 0 Å². The quantitative estimate of drug-likeness (QED) is 0.556. The minimum atomic E-state index is -3.58. The van der Waals surface area contributed by atoms with Crippen molar-refractivity contribution < 1.29 is 17.6 Å². The molecule has 8 heteroatoms. The number of sulfonamides is 1. The lowest BCUT2D eigenvalue weighted by Crippen LogP contribution is -2.41. The fourth-order valence-corrected chi connectivity index (χ4v) is 5.36. The van der Waals surface area contributed by atoms with Crippen molar-refractivity contribution in [2.75, 3.05) is 0 Å². The largest absolute Gasteiger partial charge is 0.349 e. The maximum absolute atomic E-state index is 13.1. The minimum absolute atomic E-state index is 0.0431. The van der Waals surface area contributed by atoms with Crippen molar-refractivity contribution in [3.8, 4) is 0 Å². The van der Waals surface area contributed by atoms with E-state index in [1.54, 1.807) is 36.4 Å². The zero-order chi connectivity index (χ0) is 21.7. The van der Waals surface area contributed by atoms with Gasteiger partial charge in [-0.05, 0) is 68.0 Å². The number of rotatable bonds is 7. The normalized spacial score (nSPS) is 20.5. The van der Waals surface area contributed by atoms with Gasteiger partial charge in [0, 0.05) is 17.3 Å². The van der Waals surface area contributed by atoms with Gasteiger partial charge in [-0.2, -0.15) is 0 Å². The molecule has 0 saturated heterocycles. The predicted molar refractivity (Wildman–Crippen MR) is 118 cm³/mol. The molecule has 0 aliphatic heterocycles. The van der Waals surface area contributed by atoms with Gasteiger partial charge in [0.15, 0.2) is 0 Å². The van der Waals surface area contributed by atoms with Gasteiger partial charge in [-0.15, -0.1) is 0 Å². The lowest BCUT2D eigenvalue weighted by atomic mass is 9.85. The van der Waals surface area contributed by atoms with E-state index >= 15 is 0 Å². The second-order valence-corrected chi connectivity index (χ2v) is 10.0. The fraction of sp³-hybridized carbons (Fsp3) is 0.409. The van der Waals surface area contributed by atoms with Crippen molar-refractivity contribution in [3.63, 3.8) is 0 Å². The summed E-state index contributed by atoms with van der Waals surface area (Å²) in [6.07, 6.45) is 2.47. The third-order valence-electron chi connectivity index (χ3n) is 5.54. The Labute approximate surface area is 185 Å². The monoisotopic (exact) mass is 496 g/mol. The molecule has 2 aromatic carbocycles. The molecule has 1 aliphatic carbocycles. The number of carbonyl (C=O) groups is 1. The van der Waals surface area contributed by atoms with Gasteiger partial charge in [-0.1, -0.05) is 40.2 Å². The highest BCUT2D eigenvalue weighted by molar-refractivity contribution is 9.08. The van der Waals surface area contributed by atoms with Gasteiger partial charge in [0.1, 0.15) is 5.82 Å². The van der Waals surface area contributed by atoms with E-state index in [1.807, 2.05) is 6.92 Å². The molecule has 1 aliphatic rings. The molecule has 1 saturated carbocycles. The molecule has 162 valence electrons. The van der Waals surface area contributed by atoms with Crippen LogP contribution in [0.25, 0.3) is 0 Å². The van der Waals surface area contributed by atoms with Crippen molar-refractivity contribution in [3.05, 3.63) is 65.5 Å². The Morgan fingerprint density at radius 1 is 1.07 bits per heavy atom. The molecule has 0 heterocycles. The molecule has 2 N–H and O–H groups in total. The first kappa shape index (κ1) is 22.9. The first-order valence-electron chi connectivity index (χ1n) is 10.0. The Bertz CT molecular complexity index is 957. The van der Waals surface area contributed by atoms with Crippen molar-refractivity contribution in [2.24, 2.45) is 5.92 Å². The molecule has 2 aromatic rings. The van der Waals surface area contributed by atoms with Crippen molar-refractivity contribution in [2.45, 2.75) is 54.9 Å². The van der Waals surface area contributed by atoms with Crippen LogP contribution in [0.3, 0.4) is 0 Å². The second kappa shape index (κ2) is 10.0. The van der Waals surface area contributed by atoms with Crippen LogP contribution < -0.4 is 10.0 Å². The highest BCUT2D eigenvalue weighted by Crippen LogP contribution is 2.27. The molecule has 1 atom stereocenters. The summed E-state index contributed by atoms with van der Waals surface area (Å²) in [5, 5.41) is 3.65. The van der Waals surface area contributed by atoms with Gasteiger partial charge < -0.3 is 5.32 Å². The van der Waals surface area contributed by atoms with E-state index in [1.165, 1.54) is 12.1 Å². The molecular weight excluding hydrogens is 471 g/mol. The number of amides is 1. The molecule has 0 radical (unpaired) electrons. The van der Waals surface area contributed by atoms with Crippen LogP contribution in [0.5, 0.6) is 0 Å². The van der Waals surface area contributed by atoms with Crippen molar-refractivity contribution in [1.82, 2.24) is 10.0 Å². The van der Waals surface area contributed by atoms with Crippen LogP contribution in [-0.2, 0) is 20.1 Å². The van der Waals surface area contributed by atoms with Crippen molar-refractivity contribution in [1.29, 1.82) is 0 Å². The highest BCUT2D eigenvalue weighted by Gasteiger charge is 2.29. The van der Waals surface area contributed by atoms with Gasteiger partial charge in [0.05, 0.1) is 10.9 Å². The standard InChI is InChI=1S/C22H26BrFN2O3S/c1-15(17-4-8-19(24)9-5-17)25-22(27)18-6-10-20(11-7-18)26-30(28,29)21-12-2-16(14-23)3-13-21/h2-5,8-9,12-13,15,18,20,26H,6-7,10-11,14H2,1H3,(H,25,27)/t15-,18-,20-/m1/s1. The maximum atomic E-state index is 13.1. The predicted octanol–water partition coefficient (Wildman–Crippen LogP) is 4.44. The summed E-state index contributed by atoms with van der Waals surface area (Å²) in [5.74, 6) is -0.498. The molecule has 30 heavy (non-hydrogen) atoms. The molecular formula is C22H26BrFN2O3S. The summed E-state index contributed by atoms with van der Waals surface area (Å²) in [4.78, 5) is 12.8. The van der Waals surface area contributed by atoms with Gasteiger partial charge >= 0.3 is 0 Å². The number of alkyl halides is 1. The number of carbonyl (C=O) groups excluding carboxylic acids is 1. The van der Waals surface area contributed by atoms with Crippen molar-refractivity contribution >= 4 is 31.9 Å². The lowest BCUT2D eigenvalue weighted by molar-refractivity contribution is -0.126. The van der Waals surface area contributed by atoms with E-state index in [-0.39, 0.29) is 34.6 Å². The van der Waals surface area contributed by atoms with Gasteiger partial charge in [0.25, 0.3) is 0 Å². The zero-order valence-corrected chi connectivity index (χ0v) is 19.2. The first-order chi connectivity index (χ1) is 14.3. The summed E-state index contributed by atoms with van der Waals surface area (Å²) < 4.78 is 41.1. The van der Waals surface area contributed by atoms with Crippen LogP contribution in [0.4, 0.5) is 4.39 Å². The Morgan fingerprint density at radius 2 is 1.67 bits per heavy atom. The lowest BCUT2D eigenvalue weighted by Gasteiger charge is -2.29. The van der Waals surface area contributed by atoms with Crippen LogP contribution in [0.2, 0.25) is 0 Å². The Morgan fingerprint density at radius 3 is 2.23 bits per heavy atom. The van der Waals surface area contributed by atoms with Gasteiger partial charge in [-0.25, -0.2) is 17.5 Å². The summed E-state index contributed by atoms with van der Waals surface area (Å²) in [7, 11) is -3.58. The number of benzene rings is 2. The third-order valence-corrected chi connectivity index (χ3v) is 7.72. The van der Waals surface area contributed by atoms with E-state index in [0.29, 0.717) is 31.0 Å². The maximum Gasteiger partial charge on any atom is 0.240 e. The molecule has 5 nitrogen and oxygen atoms in total. The Hall–Kier alpha value is -1.77. The van der Waals surface area contributed by atoms with E-state index < -0.39 is 10.0 Å². The van der Waals surface area contributed by atoms with E-state index in [9.17, 15) is 17.6 Å². The van der Waals surface area contributed by atoms with Crippen LogP contribution in [0, 0.1) is 11.7 Å². The zero-order valence-electron chi connectivity index (χ0n) is 16.8. The summed E-state index contributed by atoms with van der Waals surface area (Å²) in [6.45, 7) is 1.87. The molecule has 0 unspecified atom stereocenters. The third kappa shape index (κ3) is 5.89. The molecule has 0 bridgehead atoms. The smallest absolute Gasteiger partial charge is 0.240 e. The van der Waals surface area contributed by atoms with Gasteiger partial charge in [0.2, 0.25) is 15.9 Å². The van der Waals surface area contributed by atoms with Crippen LogP contribution >= 0.6 is 15.9 Å². The molecule has 1 amide bonds. The highest BCUT2D eigenvalue weighted by atomic mass is 79.9. The van der Waals surface area contributed by atoms with Crippen LogP contribution in [0.15, 0.2) is 53.4 Å². The number of hydrogen-bond acceptors (Lipinski definition) is 3. The number of halogens is 2. The molecule has 0 aromatic heterocycles. The minimum Gasteiger partial charge on any atom is -0.349 e. The van der Waals surface area contributed by atoms with Crippen LogP contribution in [0.1, 0.15) is 49.8 Å². The first-order valence-corrected chi connectivity index (χ1v) is 12.6. The average molecular weight is 497 g/mol. The molecule has 1 fully saturated rings. The van der Waals surface area contributed by atoms with Gasteiger partial charge in [-0.3, -0.25) is 4.79 Å². The summed E-state index contributed by atoms with van der Waals surface area (Å²) in [5.41, 5.74) is 1.85. The number of hydrogen-bond donors (Lipinski definition) is 2. The second-order valence-electron chi connectivity index (χ2n) is 7.73. The SMILES string of the molecule is C[C@@H](NC(=O)[C@H]1CC[C@H](NS(=O)(=O)c2ccc(CBr)cc2)CC1)c1ccc(F)cc1. The summed E-state index contributed by atoms with van der Waals surface area (Å²) >= 11 is 3.35. The average Bonchev–Trinajstić information content (AvgIpc) is 2.74. The molecule has 0 spiro atoms. The Kier molecular flexibility index (Phi) is 7.65. The van der Waals surface area contributed by atoms with Crippen LogP contribution in [-0.4, -0.2) is 20.4 Å². The topological polar surface area (TPSA) is 75.3 Å². The summed E-state index contributed by atoms with van der Waals surface area (Å²) in [6, 6.07) is 12.5. The fourth-order valence-electron chi connectivity index (χ4n) is 3.68. The van der Waals surface area contributed by atoms with E-state index in [0.717, 1.165) is 11.1 Å². The number of nitrogens with one attached hydrogen (secondary N) is 2. The molecule has 3 rings (SSSR count).